The van der Waals surface area contributed by atoms with Crippen LogP contribution in [0.15, 0.2) is 12.1 Å². The standard InChI is InChI=1S/C23H37NO4/c1-15(26-5)14-28-22-9-16-7-8-24-13-17(12-23(2,3)4)20(25)11-19(24)18(16)10-21(22)27-6/h9-10,15,17,19-20,25H,7-8,11-14H2,1-6H3/t15-,17?,19?,20?/m0/s1. The zero-order valence-electron chi connectivity index (χ0n) is 18.3. The van der Waals surface area contributed by atoms with E-state index in [0.717, 1.165) is 43.9 Å². The summed E-state index contributed by atoms with van der Waals surface area (Å²) in [6, 6.07) is 4.51. The average molecular weight is 392 g/mol. The van der Waals surface area contributed by atoms with Crippen molar-refractivity contribution in [3.05, 3.63) is 23.3 Å². The predicted octanol–water partition coefficient (Wildman–Crippen LogP) is 3.83. The van der Waals surface area contributed by atoms with Gasteiger partial charge in [-0.1, -0.05) is 20.8 Å². The maximum atomic E-state index is 10.9. The Kier molecular flexibility index (Phi) is 6.58. The third kappa shape index (κ3) is 4.81. The molecule has 28 heavy (non-hydrogen) atoms. The SMILES string of the molecule is COc1cc2c(cc1OC[C@H](C)OC)CCN1CC(CC(C)(C)C)C(O)CC21. The van der Waals surface area contributed by atoms with Crippen molar-refractivity contribution in [2.24, 2.45) is 11.3 Å². The van der Waals surface area contributed by atoms with E-state index in [0.29, 0.717) is 12.5 Å². The monoisotopic (exact) mass is 391 g/mol. The first-order chi connectivity index (χ1) is 13.2. The van der Waals surface area contributed by atoms with E-state index in [2.05, 4.69) is 37.8 Å². The lowest BCUT2D eigenvalue weighted by Gasteiger charge is -2.47. The fourth-order valence-corrected chi connectivity index (χ4v) is 4.63. The van der Waals surface area contributed by atoms with Crippen molar-refractivity contribution in [2.75, 3.05) is 33.9 Å². The molecular formula is C23H37NO4. The fourth-order valence-electron chi connectivity index (χ4n) is 4.63. The van der Waals surface area contributed by atoms with E-state index >= 15 is 0 Å². The molecule has 0 bridgehead atoms. The van der Waals surface area contributed by atoms with Gasteiger partial charge in [0.05, 0.1) is 19.3 Å². The number of ether oxygens (including phenoxy) is 3. The molecule has 3 rings (SSSR count). The summed E-state index contributed by atoms with van der Waals surface area (Å²) in [4.78, 5) is 2.55. The fraction of sp³-hybridized carbons (Fsp3) is 0.739. The van der Waals surface area contributed by atoms with Crippen LogP contribution in [-0.4, -0.2) is 56.1 Å². The summed E-state index contributed by atoms with van der Waals surface area (Å²) < 4.78 is 16.9. The minimum Gasteiger partial charge on any atom is -0.493 e. The summed E-state index contributed by atoms with van der Waals surface area (Å²) in [6.07, 6.45) is 2.63. The summed E-state index contributed by atoms with van der Waals surface area (Å²) in [7, 11) is 3.37. The van der Waals surface area contributed by atoms with Gasteiger partial charge in [0.15, 0.2) is 11.5 Å². The number of nitrogens with zero attached hydrogens (tertiary/aromatic N) is 1. The van der Waals surface area contributed by atoms with Crippen LogP contribution in [0.4, 0.5) is 0 Å². The molecule has 0 aromatic heterocycles. The summed E-state index contributed by atoms with van der Waals surface area (Å²) >= 11 is 0. The average Bonchev–Trinajstić information content (AvgIpc) is 2.64. The topological polar surface area (TPSA) is 51.2 Å². The molecule has 2 heterocycles. The van der Waals surface area contributed by atoms with Crippen LogP contribution in [0.25, 0.3) is 0 Å². The smallest absolute Gasteiger partial charge is 0.161 e. The highest BCUT2D eigenvalue weighted by molar-refractivity contribution is 5.49. The van der Waals surface area contributed by atoms with Gasteiger partial charge < -0.3 is 19.3 Å². The molecular weight excluding hydrogens is 354 g/mol. The highest BCUT2D eigenvalue weighted by atomic mass is 16.5. The molecule has 1 fully saturated rings. The van der Waals surface area contributed by atoms with Gasteiger partial charge in [0, 0.05) is 26.2 Å². The minimum atomic E-state index is -0.254. The number of hydrogen-bond acceptors (Lipinski definition) is 5. The van der Waals surface area contributed by atoms with Crippen LogP contribution in [-0.2, 0) is 11.2 Å². The van der Waals surface area contributed by atoms with Crippen molar-refractivity contribution in [1.82, 2.24) is 4.90 Å². The Morgan fingerprint density at radius 3 is 2.61 bits per heavy atom. The van der Waals surface area contributed by atoms with E-state index in [-0.39, 0.29) is 23.7 Å². The Balaban J connectivity index is 1.80. The van der Waals surface area contributed by atoms with Crippen LogP contribution >= 0.6 is 0 Å². The first-order valence-corrected chi connectivity index (χ1v) is 10.5. The van der Waals surface area contributed by atoms with Gasteiger partial charge in [0.2, 0.25) is 0 Å². The second-order valence-corrected chi connectivity index (χ2v) is 9.65. The predicted molar refractivity (Wildman–Crippen MR) is 111 cm³/mol. The third-order valence-corrected chi connectivity index (χ3v) is 6.12. The van der Waals surface area contributed by atoms with E-state index in [9.17, 15) is 5.11 Å². The molecule has 3 unspecified atom stereocenters. The first kappa shape index (κ1) is 21.4. The second-order valence-electron chi connectivity index (χ2n) is 9.65. The molecule has 158 valence electrons. The summed E-state index contributed by atoms with van der Waals surface area (Å²) in [5.74, 6) is 1.88. The van der Waals surface area contributed by atoms with Crippen LogP contribution < -0.4 is 9.47 Å². The third-order valence-electron chi connectivity index (χ3n) is 6.12. The van der Waals surface area contributed by atoms with E-state index in [1.807, 2.05) is 6.92 Å². The van der Waals surface area contributed by atoms with Crippen molar-refractivity contribution in [3.63, 3.8) is 0 Å². The van der Waals surface area contributed by atoms with Crippen molar-refractivity contribution in [1.29, 1.82) is 0 Å². The molecule has 1 aromatic carbocycles. The highest BCUT2D eigenvalue weighted by Crippen LogP contribution is 2.44. The van der Waals surface area contributed by atoms with Crippen LogP contribution in [0, 0.1) is 11.3 Å². The Morgan fingerprint density at radius 2 is 1.96 bits per heavy atom. The lowest BCUT2D eigenvalue weighted by molar-refractivity contribution is -0.0259. The number of hydrogen-bond donors (Lipinski definition) is 1. The largest absolute Gasteiger partial charge is 0.493 e. The molecule has 2 aliphatic heterocycles. The van der Waals surface area contributed by atoms with E-state index in [1.54, 1.807) is 14.2 Å². The van der Waals surface area contributed by atoms with Gasteiger partial charge in [-0.2, -0.15) is 0 Å². The number of aliphatic hydroxyl groups is 1. The van der Waals surface area contributed by atoms with Gasteiger partial charge in [0.1, 0.15) is 6.61 Å². The molecule has 0 radical (unpaired) electrons. The molecule has 5 heteroatoms. The van der Waals surface area contributed by atoms with Crippen LogP contribution in [0.2, 0.25) is 0 Å². The lowest BCUT2D eigenvalue weighted by atomic mass is 9.75. The summed E-state index contributed by atoms with van der Waals surface area (Å²) in [5, 5.41) is 10.9. The van der Waals surface area contributed by atoms with Crippen LogP contribution in [0.5, 0.6) is 11.5 Å². The normalized spacial score (nSPS) is 26.3. The molecule has 4 atom stereocenters. The highest BCUT2D eigenvalue weighted by Gasteiger charge is 2.39. The second kappa shape index (κ2) is 8.60. The first-order valence-electron chi connectivity index (χ1n) is 10.5. The van der Waals surface area contributed by atoms with Gasteiger partial charge in [-0.3, -0.25) is 4.90 Å². The van der Waals surface area contributed by atoms with Gasteiger partial charge in [-0.25, -0.2) is 0 Å². The van der Waals surface area contributed by atoms with Crippen LogP contribution in [0.3, 0.4) is 0 Å². The quantitative estimate of drug-likeness (QED) is 0.799. The number of fused-ring (bicyclic) bond motifs is 3. The van der Waals surface area contributed by atoms with Gasteiger partial charge in [-0.15, -0.1) is 0 Å². The number of piperidine rings is 1. The molecule has 1 aromatic rings. The Bertz CT molecular complexity index is 669. The van der Waals surface area contributed by atoms with Crippen molar-refractivity contribution < 1.29 is 19.3 Å². The minimum absolute atomic E-state index is 0.0319. The Labute approximate surface area is 170 Å². The Hall–Kier alpha value is -1.30. The molecule has 0 spiro atoms. The van der Waals surface area contributed by atoms with Crippen molar-refractivity contribution >= 4 is 0 Å². The maximum absolute atomic E-state index is 10.9. The molecule has 1 N–H and O–H groups in total. The molecule has 5 nitrogen and oxygen atoms in total. The zero-order chi connectivity index (χ0) is 20.5. The molecule has 0 amide bonds. The molecule has 1 saturated heterocycles. The molecule has 0 aliphatic carbocycles. The van der Waals surface area contributed by atoms with E-state index in [1.165, 1.54) is 11.1 Å². The Morgan fingerprint density at radius 1 is 1.21 bits per heavy atom. The van der Waals surface area contributed by atoms with Crippen molar-refractivity contribution in [2.45, 2.75) is 65.2 Å². The van der Waals surface area contributed by atoms with E-state index in [4.69, 9.17) is 14.2 Å². The number of rotatable bonds is 6. The number of aliphatic hydroxyl groups excluding tert-OH is 1. The zero-order valence-corrected chi connectivity index (χ0v) is 18.3. The summed E-state index contributed by atoms with van der Waals surface area (Å²) in [6.45, 7) is 11.3. The number of benzene rings is 1. The lowest BCUT2D eigenvalue weighted by Crippen LogP contribution is -2.48. The van der Waals surface area contributed by atoms with Gasteiger partial charge in [0.25, 0.3) is 0 Å². The van der Waals surface area contributed by atoms with E-state index < -0.39 is 0 Å². The van der Waals surface area contributed by atoms with Crippen molar-refractivity contribution in [3.8, 4) is 11.5 Å². The molecule has 2 aliphatic rings. The van der Waals surface area contributed by atoms with Gasteiger partial charge in [-0.05, 0) is 60.8 Å². The number of methoxy groups -OCH3 is 2. The van der Waals surface area contributed by atoms with Crippen LogP contribution in [0.1, 0.15) is 57.7 Å². The molecule has 0 saturated carbocycles. The van der Waals surface area contributed by atoms with Gasteiger partial charge >= 0.3 is 0 Å². The maximum Gasteiger partial charge on any atom is 0.161 e. The summed E-state index contributed by atoms with van der Waals surface area (Å²) in [5.41, 5.74) is 2.83.